The first-order chi connectivity index (χ1) is 13.6. The summed E-state index contributed by atoms with van der Waals surface area (Å²) in [6, 6.07) is 13.2. The lowest BCUT2D eigenvalue weighted by atomic mass is 9.96. The molecule has 5 nitrogen and oxygen atoms in total. The first-order valence-corrected chi connectivity index (χ1v) is 10.6. The van der Waals surface area contributed by atoms with Gasteiger partial charge in [0.25, 0.3) is 0 Å². The number of hydrogen-bond acceptors (Lipinski definition) is 5. The number of rotatable bonds is 4. The Kier molecular flexibility index (Phi) is 5.80. The van der Waals surface area contributed by atoms with Crippen molar-refractivity contribution in [2.45, 2.75) is 12.8 Å². The van der Waals surface area contributed by atoms with Crippen LogP contribution >= 0.6 is 34.5 Å². The van der Waals surface area contributed by atoms with Gasteiger partial charge in [0.1, 0.15) is 5.69 Å². The molecule has 1 aromatic carbocycles. The van der Waals surface area contributed by atoms with E-state index < -0.39 is 0 Å². The number of anilines is 2. The molecule has 3 aromatic rings. The number of nitrogens with zero attached hydrogens (tertiary/aromatic N) is 3. The predicted octanol–water partition coefficient (Wildman–Crippen LogP) is 5.37. The molecule has 0 radical (unpaired) electrons. The summed E-state index contributed by atoms with van der Waals surface area (Å²) in [6.45, 7) is 1.52. The Hall–Kier alpha value is -2.15. The van der Waals surface area contributed by atoms with Crippen LogP contribution in [0.5, 0.6) is 0 Å². The Labute approximate surface area is 177 Å². The summed E-state index contributed by atoms with van der Waals surface area (Å²) in [5, 5.41) is 14.4. The summed E-state index contributed by atoms with van der Waals surface area (Å²) in [5.74, 6) is 0.754. The minimum atomic E-state index is -0.0651. The van der Waals surface area contributed by atoms with Crippen LogP contribution in [0.2, 0.25) is 10.0 Å². The minimum Gasteiger partial charge on any atom is -0.355 e. The van der Waals surface area contributed by atoms with Crippen LogP contribution in [0.25, 0.3) is 10.6 Å². The lowest BCUT2D eigenvalue weighted by Gasteiger charge is -2.31. The highest BCUT2D eigenvalue weighted by Gasteiger charge is 2.26. The highest BCUT2D eigenvalue weighted by molar-refractivity contribution is 7.13. The third-order valence-electron chi connectivity index (χ3n) is 4.82. The molecule has 1 saturated heterocycles. The molecule has 0 spiro atoms. The monoisotopic (exact) mass is 432 g/mol. The average molecular weight is 433 g/mol. The fraction of sp³-hybridized carbons (Fsp3) is 0.250. The van der Waals surface area contributed by atoms with Gasteiger partial charge in [0.2, 0.25) is 5.91 Å². The van der Waals surface area contributed by atoms with Gasteiger partial charge in [-0.3, -0.25) is 4.79 Å². The molecule has 2 aromatic heterocycles. The van der Waals surface area contributed by atoms with Crippen molar-refractivity contribution >= 4 is 52.0 Å². The molecule has 0 atom stereocenters. The molecule has 1 amide bonds. The predicted molar refractivity (Wildman–Crippen MR) is 115 cm³/mol. The van der Waals surface area contributed by atoms with Crippen molar-refractivity contribution < 1.29 is 4.79 Å². The SMILES string of the molecule is O=C(Nc1cccc(Cl)c1Cl)C1CCN(c2ccc(-c3cccs3)nn2)CC1. The van der Waals surface area contributed by atoms with Crippen molar-refractivity contribution in [3.8, 4) is 10.6 Å². The fourth-order valence-electron chi connectivity index (χ4n) is 3.26. The van der Waals surface area contributed by atoms with Crippen LogP contribution in [0.3, 0.4) is 0 Å². The van der Waals surface area contributed by atoms with E-state index in [0.29, 0.717) is 15.7 Å². The summed E-state index contributed by atoms with van der Waals surface area (Å²) in [7, 11) is 0. The van der Waals surface area contributed by atoms with E-state index in [0.717, 1.165) is 42.3 Å². The van der Waals surface area contributed by atoms with Crippen LogP contribution in [0.15, 0.2) is 47.8 Å². The van der Waals surface area contributed by atoms with Gasteiger partial charge in [0.05, 0.1) is 20.6 Å². The molecule has 144 valence electrons. The Morgan fingerprint density at radius 3 is 2.57 bits per heavy atom. The molecule has 1 aliphatic rings. The first kappa shape index (κ1) is 19.2. The zero-order chi connectivity index (χ0) is 19.5. The molecule has 0 unspecified atom stereocenters. The van der Waals surface area contributed by atoms with Crippen molar-refractivity contribution in [1.29, 1.82) is 0 Å². The number of amides is 1. The average Bonchev–Trinajstić information content (AvgIpc) is 3.26. The van der Waals surface area contributed by atoms with Gasteiger partial charge in [-0.15, -0.1) is 21.5 Å². The Balaban J connectivity index is 1.35. The third-order valence-corrected chi connectivity index (χ3v) is 6.53. The van der Waals surface area contributed by atoms with Gasteiger partial charge in [-0.05, 0) is 48.6 Å². The van der Waals surface area contributed by atoms with Crippen molar-refractivity contribution in [3.63, 3.8) is 0 Å². The maximum absolute atomic E-state index is 12.6. The van der Waals surface area contributed by atoms with Crippen LogP contribution in [-0.2, 0) is 4.79 Å². The largest absolute Gasteiger partial charge is 0.355 e. The van der Waals surface area contributed by atoms with Crippen LogP contribution in [0.1, 0.15) is 12.8 Å². The maximum Gasteiger partial charge on any atom is 0.227 e. The summed E-state index contributed by atoms with van der Waals surface area (Å²) >= 11 is 13.8. The van der Waals surface area contributed by atoms with Crippen LogP contribution < -0.4 is 10.2 Å². The van der Waals surface area contributed by atoms with E-state index in [1.807, 2.05) is 29.6 Å². The van der Waals surface area contributed by atoms with Gasteiger partial charge < -0.3 is 10.2 Å². The van der Waals surface area contributed by atoms with Crippen molar-refractivity contribution in [2.24, 2.45) is 5.92 Å². The standard InChI is InChI=1S/C20H18Cl2N4OS/c21-14-3-1-4-16(19(14)22)23-20(27)13-8-10-26(11-9-13)18-7-6-15(24-25-18)17-5-2-12-28-17/h1-7,12-13H,8-11H2,(H,23,27). The number of carbonyl (C=O) groups excluding carboxylic acids is 1. The normalized spacial score (nSPS) is 14.9. The number of nitrogens with one attached hydrogen (secondary N) is 1. The summed E-state index contributed by atoms with van der Waals surface area (Å²) in [5.41, 5.74) is 1.43. The van der Waals surface area contributed by atoms with Gasteiger partial charge in [-0.25, -0.2) is 0 Å². The number of piperidine rings is 1. The van der Waals surface area contributed by atoms with Gasteiger partial charge in [0, 0.05) is 19.0 Å². The molecular weight excluding hydrogens is 415 g/mol. The van der Waals surface area contributed by atoms with Crippen LogP contribution in [0, 0.1) is 5.92 Å². The highest BCUT2D eigenvalue weighted by Crippen LogP contribution is 2.31. The van der Waals surface area contributed by atoms with E-state index in [-0.39, 0.29) is 11.8 Å². The molecular formula is C20H18Cl2N4OS. The van der Waals surface area contributed by atoms with Crippen molar-refractivity contribution in [2.75, 3.05) is 23.3 Å². The molecule has 28 heavy (non-hydrogen) atoms. The zero-order valence-electron chi connectivity index (χ0n) is 14.9. The zero-order valence-corrected chi connectivity index (χ0v) is 17.3. The maximum atomic E-state index is 12.6. The molecule has 8 heteroatoms. The second-order valence-electron chi connectivity index (χ2n) is 6.61. The van der Waals surface area contributed by atoms with E-state index in [1.54, 1.807) is 29.5 Å². The van der Waals surface area contributed by atoms with Gasteiger partial charge in [-0.2, -0.15) is 0 Å². The number of aromatic nitrogens is 2. The summed E-state index contributed by atoms with van der Waals surface area (Å²) in [4.78, 5) is 15.9. The number of benzene rings is 1. The van der Waals surface area contributed by atoms with Gasteiger partial charge >= 0.3 is 0 Å². The number of hydrogen-bond donors (Lipinski definition) is 1. The number of carbonyl (C=O) groups is 1. The molecule has 1 aliphatic heterocycles. The Morgan fingerprint density at radius 1 is 1.07 bits per heavy atom. The Bertz CT molecular complexity index is 955. The topological polar surface area (TPSA) is 58.1 Å². The highest BCUT2D eigenvalue weighted by atomic mass is 35.5. The number of halogens is 2. The molecule has 0 bridgehead atoms. The van der Waals surface area contributed by atoms with Crippen LogP contribution in [0.4, 0.5) is 11.5 Å². The van der Waals surface area contributed by atoms with E-state index >= 15 is 0 Å². The van der Waals surface area contributed by atoms with Crippen molar-refractivity contribution in [1.82, 2.24) is 10.2 Å². The summed E-state index contributed by atoms with van der Waals surface area (Å²) in [6.07, 6.45) is 1.50. The third kappa shape index (κ3) is 4.14. The van der Waals surface area contributed by atoms with Gasteiger partial charge in [0.15, 0.2) is 5.82 Å². The quantitative estimate of drug-likeness (QED) is 0.601. The molecule has 0 aliphatic carbocycles. The molecule has 0 saturated carbocycles. The summed E-state index contributed by atoms with van der Waals surface area (Å²) < 4.78 is 0. The molecule has 1 fully saturated rings. The first-order valence-electron chi connectivity index (χ1n) is 8.99. The lowest BCUT2D eigenvalue weighted by Crippen LogP contribution is -2.38. The molecule has 4 rings (SSSR count). The number of thiophene rings is 1. The fourth-order valence-corrected chi connectivity index (χ4v) is 4.29. The molecule has 3 heterocycles. The smallest absolute Gasteiger partial charge is 0.227 e. The second kappa shape index (κ2) is 8.47. The van der Waals surface area contributed by atoms with Crippen LogP contribution in [-0.4, -0.2) is 29.2 Å². The van der Waals surface area contributed by atoms with E-state index in [2.05, 4.69) is 20.4 Å². The minimum absolute atomic E-state index is 0.0251. The van der Waals surface area contributed by atoms with E-state index in [4.69, 9.17) is 23.2 Å². The van der Waals surface area contributed by atoms with Gasteiger partial charge in [-0.1, -0.05) is 35.3 Å². The van der Waals surface area contributed by atoms with Crippen molar-refractivity contribution in [3.05, 3.63) is 57.9 Å². The van der Waals surface area contributed by atoms with E-state index in [1.165, 1.54) is 0 Å². The van der Waals surface area contributed by atoms with E-state index in [9.17, 15) is 4.79 Å². The second-order valence-corrected chi connectivity index (χ2v) is 8.34. The lowest BCUT2D eigenvalue weighted by molar-refractivity contribution is -0.120. The Morgan fingerprint density at radius 2 is 1.89 bits per heavy atom. The molecule has 1 N–H and O–H groups in total.